The molecule has 3 nitrogen and oxygen atoms in total. The highest BCUT2D eigenvalue weighted by Gasteiger charge is 2.40. The predicted molar refractivity (Wildman–Crippen MR) is 55.0 cm³/mol. The molecule has 2 fully saturated rings. The van der Waals surface area contributed by atoms with Crippen molar-refractivity contribution >= 4 is 5.91 Å². The van der Waals surface area contributed by atoms with Crippen molar-refractivity contribution in [1.82, 2.24) is 4.90 Å². The molecule has 15 heavy (non-hydrogen) atoms. The number of carbonyl (C=O) groups excluding carboxylic acids is 1. The largest absolute Gasteiger partial charge is 0.467 e. The van der Waals surface area contributed by atoms with E-state index in [1.165, 1.54) is 12.8 Å². The van der Waals surface area contributed by atoms with Crippen LogP contribution in [0.2, 0.25) is 0 Å². The number of furan rings is 1. The van der Waals surface area contributed by atoms with Gasteiger partial charge in [0.25, 0.3) is 0 Å². The lowest BCUT2D eigenvalue weighted by atomic mass is 10.3. The second-order valence-electron chi connectivity index (χ2n) is 4.55. The van der Waals surface area contributed by atoms with E-state index in [1.807, 2.05) is 17.0 Å². The minimum atomic E-state index is 0.320. The smallest absolute Gasteiger partial charge is 0.226 e. The summed E-state index contributed by atoms with van der Waals surface area (Å²) in [4.78, 5) is 14.0. The summed E-state index contributed by atoms with van der Waals surface area (Å²) in [5, 5.41) is 0. The number of nitrogens with zero attached hydrogens (tertiary/aromatic N) is 1. The van der Waals surface area contributed by atoms with Gasteiger partial charge in [0, 0.05) is 12.0 Å². The molecule has 3 rings (SSSR count). The lowest BCUT2D eigenvalue weighted by Crippen LogP contribution is -2.33. The highest BCUT2D eigenvalue weighted by molar-refractivity contribution is 5.81. The van der Waals surface area contributed by atoms with Crippen molar-refractivity contribution in [3.63, 3.8) is 0 Å². The highest BCUT2D eigenvalue weighted by atomic mass is 16.3. The van der Waals surface area contributed by atoms with E-state index in [4.69, 9.17) is 4.42 Å². The third-order valence-electron chi connectivity index (χ3n) is 3.10. The molecule has 2 aliphatic rings. The SMILES string of the molecule is O=C(C1CC1)N(Cc1ccco1)C1CC1. The van der Waals surface area contributed by atoms with Crippen molar-refractivity contribution < 1.29 is 9.21 Å². The van der Waals surface area contributed by atoms with E-state index >= 15 is 0 Å². The minimum Gasteiger partial charge on any atom is -0.467 e. The molecule has 1 aromatic heterocycles. The van der Waals surface area contributed by atoms with Crippen LogP contribution >= 0.6 is 0 Å². The molecular formula is C12H15NO2. The van der Waals surface area contributed by atoms with Crippen LogP contribution in [0.4, 0.5) is 0 Å². The molecule has 1 aromatic rings. The zero-order valence-electron chi connectivity index (χ0n) is 8.69. The summed E-state index contributed by atoms with van der Waals surface area (Å²) >= 11 is 0. The fourth-order valence-electron chi connectivity index (χ4n) is 1.91. The first-order chi connectivity index (χ1) is 7.34. The van der Waals surface area contributed by atoms with E-state index in [2.05, 4.69) is 0 Å². The lowest BCUT2D eigenvalue weighted by Gasteiger charge is -2.21. The van der Waals surface area contributed by atoms with Gasteiger partial charge in [0.2, 0.25) is 5.91 Å². The maximum atomic E-state index is 12.0. The van der Waals surface area contributed by atoms with Crippen LogP contribution in [0.5, 0.6) is 0 Å². The Balaban J connectivity index is 1.70. The van der Waals surface area contributed by atoms with Gasteiger partial charge in [0.1, 0.15) is 5.76 Å². The molecule has 0 atom stereocenters. The van der Waals surface area contributed by atoms with Gasteiger partial charge in [-0.15, -0.1) is 0 Å². The molecule has 0 unspecified atom stereocenters. The Morgan fingerprint density at radius 1 is 1.40 bits per heavy atom. The van der Waals surface area contributed by atoms with Gasteiger partial charge in [-0.1, -0.05) is 0 Å². The van der Waals surface area contributed by atoms with Gasteiger partial charge in [-0.05, 0) is 37.8 Å². The van der Waals surface area contributed by atoms with Crippen LogP contribution in [0.1, 0.15) is 31.4 Å². The first kappa shape index (κ1) is 9.01. The third kappa shape index (κ3) is 1.91. The molecule has 0 aromatic carbocycles. The molecule has 2 aliphatic carbocycles. The van der Waals surface area contributed by atoms with Crippen LogP contribution in [-0.2, 0) is 11.3 Å². The summed E-state index contributed by atoms with van der Waals surface area (Å²) in [5.41, 5.74) is 0. The Labute approximate surface area is 89.1 Å². The summed E-state index contributed by atoms with van der Waals surface area (Å²) in [6.45, 7) is 0.660. The van der Waals surface area contributed by atoms with Crippen LogP contribution in [-0.4, -0.2) is 16.8 Å². The summed E-state index contributed by atoms with van der Waals surface area (Å²) in [6.07, 6.45) is 6.17. The van der Waals surface area contributed by atoms with E-state index in [-0.39, 0.29) is 0 Å². The highest BCUT2D eigenvalue weighted by Crippen LogP contribution is 2.36. The molecule has 0 N–H and O–H groups in total. The molecule has 0 saturated heterocycles. The van der Waals surface area contributed by atoms with Crippen molar-refractivity contribution in [3.05, 3.63) is 24.2 Å². The Morgan fingerprint density at radius 2 is 2.20 bits per heavy atom. The zero-order chi connectivity index (χ0) is 10.3. The molecule has 1 heterocycles. The molecule has 0 aliphatic heterocycles. The molecular weight excluding hydrogens is 190 g/mol. The van der Waals surface area contributed by atoms with Crippen molar-refractivity contribution in [1.29, 1.82) is 0 Å². The van der Waals surface area contributed by atoms with Crippen LogP contribution in [0, 0.1) is 5.92 Å². The Hall–Kier alpha value is -1.25. The molecule has 2 saturated carbocycles. The van der Waals surface area contributed by atoms with Crippen molar-refractivity contribution in [2.24, 2.45) is 5.92 Å². The first-order valence-electron chi connectivity index (χ1n) is 5.67. The van der Waals surface area contributed by atoms with Gasteiger partial charge < -0.3 is 9.32 Å². The van der Waals surface area contributed by atoms with E-state index in [0.29, 0.717) is 24.4 Å². The van der Waals surface area contributed by atoms with Gasteiger partial charge in [0.15, 0.2) is 0 Å². The third-order valence-corrected chi connectivity index (χ3v) is 3.10. The Kier molecular flexibility index (Phi) is 2.04. The Bertz CT molecular complexity index is 350. The van der Waals surface area contributed by atoms with E-state index in [0.717, 1.165) is 18.6 Å². The monoisotopic (exact) mass is 205 g/mol. The Morgan fingerprint density at radius 3 is 2.73 bits per heavy atom. The first-order valence-corrected chi connectivity index (χ1v) is 5.67. The fraction of sp³-hybridized carbons (Fsp3) is 0.583. The molecule has 1 amide bonds. The number of hydrogen-bond donors (Lipinski definition) is 0. The van der Waals surface area contributed by atoms with E-state index in [1.54, 1.807) is 6.26 Å². The predicted octanol–water partition coefficient (Wildman–Crippen LogP) is 2.18. The van der Waals surface area contributed by atoms with Gasteiger partial charge in [-0.3, -0.25) is 4.79 Å². The molecule has 80 valence electrons. The van der Waals surface area contributed by atoms with Gasteiger partial charge in [-0.2, -0.15) is 0 Å². The van der Waals surface area contributed by atoms with Gasteiger partial charge in [0.05, 0.1) is 12.8 Å². The maximum Gasteiger partial charge on any atom is 0.226 e. The second kappa shape index (κ2) is 3.40. The summed E-state index contributed by atoms with van der Waals surface area (Å²) in [6, 6.07) is 4.31. The summed E-state index contributed by atoms with van der Waals surface area (Å²) in [7, 11) is 0. The maximum absolute atomic E-state index is 12.0. The average molecular weight is 205 g/mol. The molecule has 3 heteroatoms. The molecule has 0 radical (unpaired) electrons. The number of amides is 1. The van der Waals surface area contributed by atoms with Crippen LogP contribution in [0.15, 0.2) is 22.8 Å². The van der Waals surface area contributed by atoms with Crippen LogP contribution < -0.4 is 0 Å². The van der Waals surface area contributed by atoms with Gasteiger partial charge in [-0.25, -0.2) is 0 Å². The average Bonchev–Trinajstić information content (AvgIpc) is 3.13. The van der Waals surface area contributed by atoms with Gasteiger partial charge >= 0.3 is 0 Å². The lowest BCUT2D eigenvalue weighted by molar-refractivity contribution is -0.134. The summed E-state index contributed by atoms with van der Waals surface area (Å²) in [5.74, 6) is 1.56. The second-order valence-corrected chi connectivity index (χ2v) is 4.55. The minimum absolute atomic E-state index is 0.320. The van der Waals surface area contributed by atoms with Crippen LogP contribution in [0.3, 0.4) is 0 Å². The number of carbonyl (C=O) groups is 1. The van der Waals surface area contributed by atoms with Crippen molar-refractivity contribution in [3.8, 4) is 0 Å². The van der Waals surface area contributed by atoms with E-state index < -0.39 is 0 Å². The quantitative estimate of drug-likeness (QED) is 0.754. The van der Waals surface area contributed by atoms with E-state index in [9.17, 15) is 4.79 Å². The number of rotatable bonds is 4. The van der Waals surface area contributed by atoms with Crippen molar-refractivity contribution in [2.75, 3.05) is 0 Å². The standard InChI is InChI=1S/C12H15NO2/c14-12(9-3-4-9)13(10-5-6-10)8-11-2-1-7-15-11/h1-2,7,9-10H,3-6,8H2. The molecule has 0 spiro atoms. The zero-order valence-corrected chi connectivity index (χ0v) is 8.69. The van der Waals surface area contributed by atoms with Crippen molar-refractivity contribution in [2.45, 2.75) is 38.3 Å². The summed E-state index contributed by atoms with van der Waals surface area (Å²) < 4.78 is 5.30. The van der Waals surface area contributed by atoms with Crippen LogP contribution in [0.25, 0.3) is 0 Å². The normalized spacial score (nSPS) is 20.3. The number of hydrogen-bond acceptors (Lipinski definition) is 2. The topological polar surface area (TPSA) is 33.5 Å². The molecule has 0 bridgehead atoms. The fourth-order valence-corrected chi connectivity index (χ4v) is 1.91.